The van der Waals surface area contributed by atoms with Crippen LogP contribution in [0.4, 0.5) is 8.78 Å². The third-order valence-corrected chi connectivity index (χ3v) is 14.4. The number of hydroxylamine groups is 2. The van der Waals surface area contributed by atoms with Crippen molar-refractivity contribution in [1.29, 1.82) is 0 Å². The van der Waals surface area contributed by atoms with Gasteiger partial charge < -0.3 is 5.11 Å². The summed E-state index contributed by atoms with van der Waals surface area (Å²) >= 11 is 9.02. The summed E-state index contributed by atoms with van der Waals surface area (Å²) < 4.78 is 35.7. The molecule has 246 valence electrons. The Morgan fingerprint density at radius 2 is 1.94 bits per heavy atom. The monoisotopic (exact) mass is 696 g/mol. The molecule has 2 heterocycles. The normalized spacial score (nSPS) is 39.3. The molecule has 1 N–H and O–H groups in total. The van der Waals surface area contributed by atoms with Gasteiger partial charge >= 0.3 is 0 Å². The molecule has 6 nitrogen and oxygen atoms in total. The average molecular weight is 697 g/mol. The first-order valence-corrected chi connectivity index (χ1v) is 18.2. The summed E-state index contributed by atoms with van der Waals surface area (Å²) in [5, 5.41) is 14.3. The van der Waals surface area contributed by atoms with Crippen LogP contribution in [0.2, 0.25) is 5.02 Å². The van der Waals surface area contributed by atoms with Crippen LogP contribution in [-0.2, 0) is 21.0 Å². The summed E-state index contributed by atoms with van der Waals surface area (Å²) in [7, 11) is 0. The lowest BCUT2D eigenvalue weighted by Gasteiger charge is -2.63. The highest BCUT2D eigenvalue weighted by atomic mass is 35.5. The summed E-state index contributed by atoms with van der Waals surface area (Å²) in [6.45, 7) is 4.39. The number of carbonyl (C=O) groups is 2. The average Bonchev–Trinajstić information content (AvgIpc) is 3.69. The summed E-state index contributed by atoms with van der Waals surface area (Å²) in [6, 6.07) is 15.3. The number of thiazole rings is 1. The molecule has 0 amide bonds. The molecule has 47 heavy (non-hydrogen) atoms. The second-order valence-electron chi connectivity index (χ2n) is 14.2. The van der Waals surface area contributed by atoms with E-state index in [0.717, 1.165) is 20.1 Å². The van der Waals surface area contributed by atoms with Gasteiger partial charge in [-0.05, 0) is 79.7 Å². The number of nitrogens with zero attached hydrogens (tertiary/aromatic N) is 2. The number of aliphatic hydroxyl groups is 1. The minimum absolute atomic E-state index is 0.0326. The van der Waals surface area contributed by atoms with E-state index in [0.29, 0.717) is 24.5 Å². The number of ketones is 2. The van der Waals surface area contributed by atoms with E-state index in [-0.39, 0.29) is 41.7 Å². The van der Waals surface area contributed by atoms with Crippen LogP contribution in [0, 0.1) is 28.6 Å². The van der Waals surface area contributed by atoms with Gasteiger partial charge in [0, 0.05) is 40.8 Å². The van der Waals surface area contributed by atoms with Crippen molar-refractivity contribution in [3.63, 3.8) is 0 Å². The number of halogens is 3. The van der Waals surface area contributed by atoms with Gasteiger partial charge in [-0.1, -0.05) is 60.6 Å². The number of carbonyl (C=O) groups excluding carboxylic acids is 2. The molecule has 5 aliphatic rings. The molecule has 4 fully saturated rings. The Balaban J connectivity index is 1.16. The van der Waals surface area contributed by atoms with Gasteiger partial charge in [-0.3, -0.25) is 14.4 Å². The third-order valence-electron chi connectivity index (χ3n) is 12.0. The third kappa shape index (κ3) is 4.47. The molecular formula is C36H35ClF2N2O4S2. The second kappa shape index (κ2) is 11.0. The minimum Gasteiger partial charge on any atom is -0.390 e. The van der Waals surface area contributed by atoms with Crippen LogP contribution in [-0.4, -0.2) is 62.6 Å². The molecule has 8 rings (SSSR count). The van der Waals surface area contributed by atoms with Crippen LogP contribution in [0.25, 0.3) is 10.2 Å². The van der Waals surface area contributed by atoms with Crippen LogP contribution in [0.15, 0.2) is 76.7 Å². The Morgan fingerprint density at radius 1 is 1.17 bits per heavy atom. The molecular weight excluding hydrogens is 662 g/mol. The van der Waals surface area contributed by atoms with Crippen LogP contribution in [0.1, 0.15) is 38.7 Å². The fraction of sp³-hybridized carbons (Fsp3) is 0.472. The number of Topliss-reactive ketones (excluding diaryl/α,β-unsaturated/α-hetero) is 1. The first-order valence-electron chi connectivity index (χ1n) is 16.1. The van der Waals surface area contributed by atoms with Crippen molar-refractivity contribution in [3.8, 4) is 0 Å². The van der Waals surface area contributed by atoms with Crippen molar-refractivity contribution in [3.05, 3.63) is 82.9 Å². The van der Waals surface area contributed by atoms with E-state index in [2.05, 4.69) is 0 Å². The number of allylic oxidation sites excluding steroid dienone is 4. The maximum absolute atomic E-state index is 17.8. The number of alkyl halides is 2. The van der Waals surface area contributed by atoms with Gasteiger partial charge in [0.15, 0.2) is 27.2 Å². The van der Waals surface area contributed by atoms with Crippen LogP contribution < -0.4 is 0 Å². The number of thioether (sulfide) groups is 1. The molecule has 3 saturated carbocycles. The van der Waals surface area contributed by atoms with E-state index in [1.165, 1.54) is 41.3 Å². The fourth-order valence-electron chi connectivity index (χ4n) is 9.86. The molecule has 1 aromatic heterocycles. The van der Waals surface area contributed by atoms with E-state index in [1.54, 1.807) is 6.92 Å². The van der Waals surface area contributed by atoms with Crippen molar-refractivity contribution in [2.45, 2.75) is 67.5 Å². The Kier molecular flexibility index (Phi) is 7.45. The van der Waals surface area contributed by atoms with Crippen molar-refractivity contribution in [1.82, 2.24) is 10.0 Å². The number of aromatic nitrogens is 1. The predicted molar refractivity (Wildman–Crippen MR) is 179 cm³/mol. The van der Waals surface area contributed by atoms with Crippen LogP contribution in [0.5, 0.6) is 0 Å². The number of fused-ring (bicyclic) bond motifs is 8. The highest BCUT2D eigenvalue weighted by molar-refractivity contribution is 8.01. The number of aliphatic hydroxyl groups excluding tert-OH is 1. The van der Waals surface area contributed by atoms with Gasteiger partial charge in [0.05, 0.1) is 22.1 Å². The number of hydrogen-bond acceptors (Lipinski definition) is 8. The summed E-state index contributed by atoms with van der Waals surface area (Å²) in [5.41, 5.74) is -4.11. The number of hydrogen-bond donors (Lipinski definition) is 1. The Morgan fingerprint density at radius 3 is 2.70 bits per heavy atom. The lowest BCUT2D eigenvalue weighted by Crippen LogP contribution is -2.70. The van der Waals surface area contributed by atoms with Crippen molar-refractivity contribution in [2.24, 2.45) is 28.6 Å². The topological polar surface area (TPSA) is 79.7 Å². The Bertz CT molecular complexity index is 1820. The molecule has 0 bridgehead atoms. The quantitative estimate of drug-likeness (QED) is 0.270. The van der Waals surface area contributed by atoms with E-state index in [4.69, 9.17) is 21.4 Å². The summed E-state index contributed by atoms with van der Waals surface area (Å²) in [4.78, 5) is 38.6. The second-order valence-corrected chi connectivity index (χ2v) is 16.9. The van der Waals surface area contributed by atoms with Crippen molar-refractivity contribution >= 4 is 56.5 Å². The number of para-hydroxylation sites is 1. The van der Waals surface area contributed by atoms with Gasteiger partial charge in [0.2, 0.25) is 0 Å². The smallest absolute Gasteiger partial charge is 0.178 e. The molecule has 1 aliphatic heterocycles. The molecule has 0 unspecified atom stereocenters. The van der Waals surface area contributed by atoms with E-state index in [9.17, 15) is 14.7 Å². The summed E-state index contributed by atoms with van der Waals surface area (Å²) in [5.74, 6) is -2.03. The zero-order valence-corrected chi connectivity index (χ0v) is 28.4. The van der Waals surface area contributed by atoms with E-state index in [1.807, 2.05) is 60.5 Å². The summed E-state index contributed by atoms with van der Waals surface area (Å²) in [6.07, 6.45) is 1.14. The number of rotatable bonds is 6. The van der Waals surface area contributed by atoms with Gasteiger partial charge in [-0.25, -0.2) is 13.8 Å². The van der Waals surface area contributed by atoms with Crippen LogP contribution >= 0.6 is 34.7 Å². The SMILES string of the molecule is C[C@]12C=CC(=O)C=C1[C@@H](F)C[C@H]1[C@@H]3C[C@H]4CN(Cc5ccc(Cl)cc5)O[C@@]4(C(=O)CSc4nc5ccccc5s4)[C@@]3(C)C[C@H](O)[C@@]12F. The highest BCUT2D eigenvalue weighted by Crippen LogP contribution is 2.73. The zero-order chi connectivity index (χ0) is 32.9. The minimum atomic E-state index is -2.22. The molecule has 0 spiro atoms. The zero-order valence-electron chi connectivity index (χ0n) is 26.0. The van der Waals surface area contributed by atoms with Crippen molar-refractivity contribution in [2.75, 3.05) is 12.3 Å². The van der Waals surface area contributed by atoms with E-state index < -0.39 is 46.2 Å². The molecule has 11 heteroatoms. The standard InChI is InChI=1S/C36H35ClF2N2O4S2/c1-33-12-11-23(42)14-26(33)27(38)15-25-24-13-21-18-41(17-20-7-9-22(37)10-8-20)45-36(21,34(24,2)16-30(43)35(25,33)39)31(44)19-46-32-40-28-5-3-4-6-29(28)47-32/h3-12,14,21,24-25,27,30,43H,13,15-19H2,1-2H3/t21-,24-,25-,27-,30-,33-,34-,35-,36-/m0/s1. The Hall–Kier alpha value is -2.47. The number of benzene rings is 2. The molecule has 2 aromatic carbocycles. The molecule has 1 saturated heterocycles. The first kappa shape index (κ1) is 31.8. The van der Waals surface area contributed by atoms with Gasteiger partial charge in [-0.2, -0.15) is 5.06 Å². The molecule has 4 aliphatic carbocycles. The van der Waals surface area contributed by atoms with Gasteiger partial charge in [0.1, 0.15) is 6.17 Å². The van der Waals surface area contributed by atoms with Crippen LogP contribution in [0.3, 0.4) is 0 Å². The Labute approximate surface area is 285 Å². The van der Waals surface area contributed by atoms with Gasteiger partial charge in [-0.15, -0.1) is 11.3 Å². The largest absolute Gasteiger partial charge is 0.390 e. The molecule has 0 radical (unpaired) electrons. The predicted octanol–water partition coefficient (Wildman–Crippen LogP) is 7.34. The van der Waals surface area contributed by atoms with Gasteiger partial charge in [0.25, 0.3) is 0 Å². The van der Waals surface area contributed by atoms with Crippen molar-refractivity contribution < 1.29 is 28.3 Å². The lowest BCUT2D eigenvalue weighted by molar-refractivity contribution is -0.268. The molecule has 9 atom stereocenters. The molecule has 3 aromatic rings. The first-order chi connectivity index (χ1) is 22.4. The maximum Gasteiger partial charge on any atom is 0.178 e. The maximum atomic E-state index is 17.8. The van der Waals surface area contributed by atoms with E-state index >= 15 is 8.78 Å². The lowest BCUT2D eigenvalue weighted by atomic mass is 9.44. The highest BCUT2D eigenvalue weighted by Gasteiger charge is 2.79. The fourth-order valence-corrected chi connectivity index (χ4v) is 12.0.